The Bertz CT molecular complexity index is 381. The smallest absolute Gasteiger partial charge is 0.325 e. The van der Waals surface area contributed by atoms with Gasteiger partial charge in [-0.3, -0.25) is 4.57 Å². The Hall–Kier alpha value is -1.36. The second-order valence-corrected chi connectivity index (χ2v) is 5.08. The molecule has 1 aliphatic rings. The Morgan fingerprint density at radius 2 is 2.12 bits per heavy atom. The Morgan fingerprint density at radius 3 is 2.53 bits per heavy atom. The third-order valence-electron chi connectivity index (χ3n) is 3.82. The summed E-state index contributed by atoms with van der Waals surface area (Å²) in [4.78, 5) is 20.0. The minimum absolute atomic E-state index is 0.0179. The van der Waals surface area contributed by atoms with Gasteiger partial charge in [-0.25, -0.2) is 9.78 Å². The minimum Gasteiger partial charge on any atom is -0.325 e. The molecule has 0 bridgehead atoms. The van der Waals surface area contributed by atoms with E-state index in [4.69, 9.17) is 0 Å². The van der Waals surface area contributed by atoms with Crippen LogP contribution in [0, 0.1) is 0 Å². The SMILES string of the molecule is CN(CC1(N(C)C)CCC1)C(=O)n1ccnc1. The molecule has 1 saturated carbocycles. The van der Waals surface area contributed by atoms with Crippen molar-refractivity contribution in [3.63, 3.8) is 0 Å². The van der Waals surface area contributed by atoms with Crippen LogP contribution in [0.15, 0.2) is 18.7 Å². The maximum Gasteiger partial charge on any atom is 0.329 e. The van der Waals surface area contributed by atoms with E-state index >= 15 is 0 Å². The van der Waals surface area contributed by atoms with Crippen LogP contribution in [0.2, 0.25) is 0 Å². The first-order chi connectivity index (χ1) is 8.05. The van der Waals surface area contributed by atoms with E-state index in [9.17, 15) is 4.79 Å². The number of hydrogen-bond donors (Lipinski definition) is 0. The first-order valence-electron chi connectivity index (χ1n) is 5.96. The molecule has 0 aliphatic heterocycles. The molecule has 1 aromatic heterocycles. The molecule has 5 nitrogen and oxygen atoms in total. The Labute approximate surface area is 102 Å². The molecular weight excluding hydrogens is 216 g/mol. The Balaban J connectivity index is 2.01. The fraction of sp³-hybridized carbons (Fsp3) is 0.667. The summed E-state index contributed by atoms with van der Waals surface area (Å²) in [7, 11) is 6.04. The molecule has 0 radical (unpaired) electrons. The number of aromatic nitrogens is 2. The van der Waals surface area contributed by atoms with Crippen LogP contribution >= 0.6 is 0 Å². The van der Waals surface area contributed by atoms with Crippen molar-refractivity contribution in [3.8, 4) is 0 Å². The number of likely N-dealkylation sites (N-methyl/N-ethyl adjacent to an activating group) is 2. The standard InChI is InChI=1S/C12H20N4O/c1-14(2)12(5-4-6-12)9-15(3)11(17)16-8-7-13-10-16/h7-8,10H,4-6,9H2,1-3H3. The van der Waals surface area contributed by atoms with Gasteiger partial charge in [-0.2, -0.15) is 0 Å². The molecule has 1 aliphatic carbocycles. The van der Waals surface area contributed by atoms with Crippen molar-refractivity contribution in [2.45, 2.75) is 24.8 Å². The minimum atomic E-state index is -0.0179. The highest BCUT2D eigenvalue weighted by Gasteiger charge is 2.40. The molecule has 1 heterocycles. The molecule has 0 aromatic carbocycles. The summed E-state index contributed by atoms with van der Waals surface area (Å²) < 4.78 is 1.52. The predicted molar refractivity (Wildman–Crippen MR) is 65.9 cm³/mol. The number of rotatable bonds is 3. The average molecular weight is 236 g/mol. The largest absolute Gasteiger partial charge is 0.329 e. The first-order valence-corrected chi connectivity index (χ1v) is 5.96. The second-order valence-electron chi connectivity index (χ2n) is 5.08. The van der Waals surface area contributed by atoms with E-state index in [1.54, 1.807) is 23.6 Å². The summed E-state index contributed by atoms with van der Waals surface area (Å²) in [6.07, 6.45) is 8.44. The summed E-state index contributed by atoms with van der Waals surface area (Å²) >= 11 is 0. The number of carbonyl (C=O) groups excluding carboxylic acids is 1. The fourth-order valence-electron chi connectivity index (χ4n) is 2.41. The molecule has 94 valence electrons. The van der Waals surface area contributed by atoms with Crippen molar-refractivity contribution < 1.29 is 4.79 Å². The molecule has 0 saturated heterocycles. The van der Waals surface area contributed by atoms with E-state index in [1.807, 2.05) is 7.05 Å². The topological polar surface area (TPSA) is 41.4 Å². The lowest BCUT2D eigenvalue weighted by molar-refractivity contribution is 0.0365. The van der Waals surface area contributed by atoms with E-state index in [0.717, 1.165) is 6.54 Å². The van der Waals surface area contributed by atoms with Crippen LogP contribution in [0.1, 0.15) is 19.3 Å². The van der Waals surface area contributed by atoms with Gasteiger partial charge in [0.1, 0.15) is 6.33 Å². The van der Waals surface area contributed by atoms with Crippen LogP contribution in [0.4, 0.5) is 4.79 Å². The van der Waals surface area contributed by atoms with Gasteiger partial charge in [0.2, 0.25) is 0 Å². The van der Waals surface area contributed by atoms with Gasteiger partial charge in [0, 0.05) is 31.5 Å². The average Bonchev–Trinajstić information content (AvgIpc) is 2.74. The van der Waals surface area contributed by atoms with Gasteiger partial charge in [0.15, 0.2) is 0 Å². The normalized spacial score (nSPS) is 17.9. The van der Waals surface area contributed by atoms with E-state index in [1.165, 1.54) is 23.8 Å². The molecule has 5 heteroatoms. The van der Waals surface area contributed by atoms with Gasteiger partial charge in [0.25, 0.3) is 0 Å². The van der Waals surface area contributed by atoms with Gasteiger partial charge in [-0.15, -0.1) is 0 Å². The van der Waals surface area contributed by atoms with Crippen LogP contribution < -0.4 is 0 Å². The van der Waals surface area contributed by atoms with Crippen LogP contribution in [-0.2, 0) is 0 Å². The van der Waals surface area contributed by atoms with Gasteiger partial charge in [-0.05, 0) is 33.4 Å². The monoisotopic (exact) mass is 236 g/mol. The zero-order chi connectivity index (χ0) is 12.5. The number of carbonyl (C=O) groups is 1. The van der Waals surface area contributed by atoms with Crippen molar-refractivity contribution in [2.24, 2.45) is 0 Å². The summed E-state index contributed by atoms with van der Waals surface area (Å²) in [6.45, 7) is 0.775. The molecule has 17 heavy (non-hydrogen) atoms. The highest BCUT2D eigenvalue weighted by Crippen LogP contribution is 2.36. The maximum absolute atomic E-state index is 12.1. The molecule has 1 aromatic rings. The number of amides is 1. The van der Waals surface area contributed by atoms with Gasteiger partial charge >= 0.3 is 6.03 Å². The number of hydrogen-bond acceptors (Lipinski definition) is 3. The van der Waals surface area contributed by atoms with Gasteiger partial charge in [-0.1, -0.05) is 0 Å². The van der Waals surface area contributed by atoms with Crippen LogP contribution in [0.25, 0.3) is 0 Å². The van der Waals surface area contributed by atoms with Crippen molar-refractivity contribution in [1.29, 1.82) is 0 Å². The van der Waals surface area contributed by atoms with Crippen molar-refractivity contribution >= 4 is 6.03 Å². The second kappa shape index (κ2) is 4.49. The van der Waals surface area contributed by atoms with Crippen molar-refractivity contribution in [1.82, 2.24) is 19.4 Å². The summed E-state index contributed by atoms with van der Waals surface area (Å²) in [5, 5.41) is 0. The molecule has 0 spiro atoms. The molecule has 1 fully saturated rings. The lowest BCUT2D eigenvalue weighted by atomic mass is 9.75. The highest BCUT2D eigenvalue weighted by atomic mass is 16.2. The number of nitrogens with zero attached hydrogens (tertiary/aromatic N) is 4. The first kappa shape index (κ1) is 12.1. The summed E-state index contributed by atoms with van der Waals surface area (Å²) in [5.41, 5.74) is 0.172. The molecular formula is C12H20N4O. The van der Waals surface area contributed by atoms with E-state index in [-0.39, 0.29) is 11.6 Å². The summed E-state index contributed by atoms with van der Waals surface area (Å²) in [6, 6.07) is -0.0179. The van der Waals surface area contributed by atoms with Crippen molar-refractivity contribution in [3.05, 3.63) is 18.7 Å². The third-order valence-corrected chi connectivity index (χ3v) is 3.82. The third kappa shape index (κ3) is 2.20. The summed E-state index contributed by atoms with van der Waals surface area (Å²) in [5.74, 6) is 0. The van der Waals surface area contributed by atoms with E-state index in [0.29, 0.717) is 0 Å². The van der Waals surface area contributed by atoms with E-state index < -0.39 is 0 Å². The van der Waals surface area contributed by atoms with E-state index in [2.05, 4.69) is 24.0 Å². The molecule has 2 rings (SSSR count). The lowest BCUT2D eigenvalue weighted by Crippen LogP contribution is -2.57. The Kier molecular flexibility index (Phi) is 3.19. The lowest BCUT2D eigenvalue weighted by Gasteiger charge is -2.49. The zero-order valence-corrected chi connectivity index (χ0v) is 10.8. The van der Waals surface area contributed by atoms with Crippen molar-refractivity contribution in [2.75, 3.05) is 27.7 Å². The van der Waals surface area contributed by atoms with Gasteiger partial charge < -0.3 is 9.80 Å². The molecule has 0 N–H and O–H groups in total. The van der Waals surface area contributed by atoms with Crippen LogP contribution in [-0.4, -0.2) is 58.6 Å². The Morgan fingerprint density at radius 1 is 1.41 bits per heavy atom. The molecule has 0 unspecified atom stereocenters. The zero-order valence-electron chi connectivity index (χ0n) is 10.8. The maximum atomic E-state index is 12.1. The van der Waals surface area contributed by atoms with Crippen LogP contribution in [0.3, 0.4) is 0 Å². The predicted octanol–water partition coefficient (Wildman–Crippen LogP) is 1.27. The highest BCUT2D eigenvalue weighted by molar-refractivity contribution is 5.76. The quantitative estimate of drug-likeness (QED) is 0.793. The molecule has 0 atom stereocenters. The van der Waals surface area contributed by atoms with Gasteiger partial charge in [0.05, 0.1) is 0 Å². The van der Waals surface area contributed by atoms with Crippen LogP contribution in [0.5, 0.6) is 0 Å². The fourth-order valence-corrected chi connectivity index (χ4v) is 2.41. The molecule has 1 amide bonds. The number of imidazole rings is 1.